The van der Waals surface area contributed by atoms with E-state index in [4.69, 9.17) is 0 Å². The molecular formula is C13H15FN2. The first-order chi connectivity index (χ1) is 7.74. The highest BCUT2D eigenvalue weighted by molar-refractivity contribution is 5.92. The lowest BCUT2D eigenvalue weighted by molar-refractivity contribution is 0.620. The van der Waals surface area contributed by atoms with Crippen molar-refractivity contribution in [2.75, 3.05) is 11.9 Å². The van der Waals surface area contributed by atoms with Gasteiger partial charge in [0.05, 0.1) is 5.52 Å². The Labute approximate surface area is 94.5 Å². The largest absolute Gasteiger partial charge is 0.384 e. The van der Waals surface area contributed by atoms with Gasteiger partial charge in [-0.05, 0) is 31.5 Å². The number of aromatic nitrogens is 1. The van der Waals surface area contributed by atoms with Crippen LogP contribution in [0.15, 0.2) is 24.4 Å². The lowest BCUT2D eigenvalue weighted by atomic mass is 10.1. The second-order valence-corrected chi connectivity index (χ2v) is 3.85. The van der Waals surface area contributed by atoms with Crippen LogP contribution >= 0.6 is 0 Å². The minimum atomic E-state index is -0.201. The first kappa shape index (κ1) is 10.9. The summed E-state index contributed by atoms with van der Waals surface area (Å²) < 4.78 is 13.4. The number of aryl methyl sites for hydroxylation is 1. The highest BCUT2D eigenvalue weighted by atomic mass is 19.1. The molecule has 0 saturated carbocycles. The lowest BCUT2D eigenvalue weighted by Crippen LogP contribution is -2.01. The molecule has 1 aromatic heterocycles. The van der Waals surface area contributed by atoms with E-state index >= 15 is 0 Å². The summed E-state index contributed by atoms with van der Waals surface area (Å²) in [6.07, 6.45) is 2.77. The summed E-state index contributed by atoms with van der Waals surface area (Å²) in [7, 11) is 0. The minimum absolute atomic E-state index is 0.201. The number of anilines is 1. The summed E-state index contributed by atoms with van der Waals surface area (Å²) in [5, 5.41) is 4.30. The second kappa shape index (κ2) is 4.47. The zero-order valence-corrected chi connectivity index (χ0v) is 9.55. The van der Waals surface area contributed by atoms with E-state index < -0.39 is 0 Å². The Morgan fingerprint density at radius 2 is 2.12 bits per heavy atom. The zero-order chi connectivity index (χ0) is 11.5. The maximum Gasteiger partial charge on any atom is 0.128 e. The molecule has 2 rings (SSSR count). The van der Waals surface area contributed by atoms with Gasteiger partial charge in [0.1, 0.15) is 5.82 Å². The van der Waals surface area contributed by atoms with Crippen LogP contribution in [0.2, 0.25) is 0 Å². The van der Waals surface area contributed by atoms with Crippen LogP contribution in [0.4, 0.5) is 10.1 Å². The van der Waals surface area contributed by atoms with E-state index in [1.54, 1.807) is 19.2 Å². The standard InChI is InChI=1S/C13H15FN2/c1-3-7-15-12-6-8-16-13-9(2)11(14)5-4-10(12)13/h4-6,8H,3,7H2,1-2H3,(H,15,16). The van der Waals surface area contributed by atoms with E-state index in [2.05, 4.69) is 17.2 Å². The van der Waals surface area contributed by atoms with E-state index in [0.717, 1.165) is 29.6 Å². The third kappa shape index (κ3) is 1.85. The summed E-state index contributed by atoms with van der Waals surface area (Å²) in [5.41, 5.74) is 2.37. The van der Waals surface area contributed by atoms with Gasteiger partial charge in [-0.3, -0.25) is 4.98 Å². The molecule has 0 fully saturated rings. The molecule has 1 heterocycles. The molecule has 16 heavy (non-hydrogen) atoms. The summed E-state index contributed by atoms with van der Waals surface area (Å²) in [5.74, 6) is -0.201. The molecular weight excluding hydrogens is 203 g/mol. The van der Waals surface area contributed by atoms with Crippen molar-refractivity contribution in [2.24, 2.45) is 0 Å². The van der Waals surface area contributed by atoms with Crippen molar-refractivity contribution in [3.63, 3.8) is 0 Å². The number of pyridine rings is 1. The lowest BCUT2D eigenvalue weighted by Gasteiger charge is -2.09. The predicted molar refractivity (Wildman–Crippen MR) is 65.2 cm³/mol. The van der Waals surface area contributed by atoms with Gasteiger partial charge < -0.3 is 5.32 Å². The normalized spacial score (nSPS) is 10.7. The van der Waals surface area contributed by atoms with Gasteiger partial charge in [0.2, 0.25) is 0 Å². The van der Waals surface area contributed by atoms with Gasteiger partial charge in [0, 0.05) is 29.4 Å². The Hall–Kier alpha value is -1.64. The molecule has 2 aromatic rings. The first-order valence-corrected chi connectivity index (χ1v) is 5.51. The van der Waals surface area contributed by atoms with E-state index in [9.17, 15) is 4.39 Å². The molecule has 0 spiro atoms. The second-order valence-electron chi connectivity index (χ2n) is 3.85. The number of hydrogen-bond acceptors (Lipinski definition) is 2. The average Bonchev–Trinajstić information content (AvgIpc) is 2.31. The molecule has 1 aromatic carbocycles. The van der Waals surface area contributed by atoms with Crippen LogP contribution in [0.3, 0.4) is 0 Å². The molecule has 0 bridgehead atoms. The maximum absolute atomic E-state index is 13.4. The van der Waals surface area contributed by atoms with Crippen molar-refractivity contribution in [1.82, 2.24) is 4.98 Å². The third-order valence-electron chi connectivity index (χ3n) is 2.67. The molecule has 0 amide bonds. The monoisotopic (exact) mass is 218 g/mol. The number of benzene rings is 1. The molecule has 84 valence electrons. The fourth-order valence-electron chi connectivity index (χ4n) is 1.75. The van der Waals surface area contributed by atoms with Gasteiger partial charge in [-0.1, -0.05) is 6.92 Å². The number of nitrogens with one attached hydrogen (secondary N) is 1. The van der Waals surface area contributed by atoms with E-state index in [1.807, 2.05) is 6.07 Å². The highest BCUT2D eigenvalue weighted by Gasteiger charge is 2.07. The van der Waals surface area contributed by atoms with Crippen LogP contribution < -0.4 is 5.32 Å². The van der Waals surface area contributed by atoms with Crippen LogP contribution in [0, 0.1) is 12.7 Å². The van der Waals surface area contributed by atoms with E-state index in [0.29, 0.717) is 5.56 Å². The SMILES string of the molecule is CCCNc1ccnc2c(C)c(F)ccc12. The molecule has 1 N–H and O–H groups in total. The number of rotatable bonds is 3. The zero-order valence-electron chi connectivity index (χ0n) is 9.55. The van der Waals surface area contributed by atoms with Crippen molar-refractivity contribution < 1.29 is 4.39 Å². The molecule has 0 saturated heterocycles. The fraction of sp³-hybridized carbons (Fsp3) is 0.308. The number of nitrogens with zero attached hydrogens (tertiary/aromatic N) is 1. The number of fused-ring (bicyclic) bond motifs is 1. The summed E-state index contributed by atoms with van der Waals surface area (Å²) in [6, 6.07) is 5.20. The molecule has 0 aliphatic rings. The third-order valence-corrected chi connectivity index (χ3v) is 2.67. The smallest absolute Gasteiger partial charge is 0.128 e. The Bertz CT molecular complexity index is 509. The van der Waals surface area contributed by atoms with Crippen LogP contribution in [-0.2, 0) is 0 Å². The van der Waals surface area contributed by atoms with Crippen LogP contribution in [0.25, 0.3) is 10.9 Å². The van der Waals surface area contributed by atoms with E-state index in [1.165, 1.54) is 6.07 Å². The number of halogens is 1. The fourth-order valence-corrected chi connectivity index (χ4v) is 1.75. The highest BCUT2D eigenvalue weighted by Crippen LogP contribution is 2.25. The molecule has 0 aliphatic carbocycles. The molecule has 0 atom stereocenters. The van der Waals surface area contributed by atoms with Crippen LogP contribution in [-0.4, -0.2) is 11.5 Å². The molecule has 3 heteroatoms. The van der Waals surface area contributed by atoms with Gasteiger partial charge in [0.25, 0.3) is 0 Å². The van der Waals surface area contributed by atoms with Crippen LogP contribution in [0.5, 0.6) is 0 Å². The molecule has 0 unspecified atom stereocenters. The van der Waals surface area contributed by atoms with Crippen molar-refractivity contribution in [3.8, 4) is 0 Å². The Kier molecular flexibility index (Phi) is 3.04. The Morgan fingerprint density at radius 1 is 1.31 bits per heavy atom. The van der Waals surface area contributed by atoms with Gasteiger partial charge in [-0.25, -0.2) is 4.39 Å². The quantitative estimate of drug-likeness (QED) is 0.852. The summed E-state index contributed by atoms with van der Waals surface area (Å²) in [6.45, 7) is 4.78. The molecule has 0 aliphatic heterocycles. The van der Waals surface area contributed by atoms with Gasteiger partial charge in [-0.2, -0.15) is 0 Å². The molecule has 0 radical (unpaired) electrons. The summed E-state index contributed by atoms with van der Waals surface area (Å²) in [4.78, 5) is 4.23. The van der Waals surface area contributed by atoms with Crippen molar-refractivity contribution in [1.29, 1.82) is 0 Å². The van der Waals surface area contributed by atoms with E-state index in [-0.39, 0.29) is 5.82 Å². The topological polar surface area (TPSA) is 24.9 Å². The predicted octanol–water partition coefficient (Wildman–Crippen LogP) is 3.50. The van der Waals surface area contributed by atoms with Gasteiger partial charge >= 0.3 is 0 Å². The van der Waals surface area contributed by atoms with Crippen molar-refractivity contribution >= 4 is 16.6 Å². The number of hydrogen-bond donors (Lipinski definition) is 1. The summed E-state index contributed by atoms with van der Waals surface area (Å²) >= 11 is 0. The van der Waals surface area contributed by atoms with Crippen molar-refractivity contribution in [3.05, 3.63) is 35.8 Å². The Balaban J connectivity index is 2.56. The van der Waals surface area contributed by atoms with Gasteiger partial charge in [0.15, 0.2) is 0 Å². The minimum Gasteiger partial charge on any atom is -0.384 e. The Morgan fingerprint density at radius 3 is 2.88 bits per heavy atom. The first-order valence-electron chi connectivity index (χ1n) is 5.51. The van der Waals surface area contributed by atoms with Gasteiger partial charge in [-0.15, -0.1) is 0 Å². The molecule has 2 nitrogen and oxygen atoms in total. The van der Waals surface area contributed by atoms with Crippen LogP contribution in [0.1, 0.15) is 18.9 Å². The van der Waals surface area contributed by atoms with Crippen molar-refractivity contribution in [2.45, 2.75) is 20.3 Å². The maximum atomic E-state index is 13.4. The average molecular weight is 218 g/mol.